The second kappa shape index (κ2) is 8.40. The fourth-order valence-electron chi connectivity index (χ4n) is 3.96. The van der Waals surface area contributed by atoms with E-state index in [-0.39, 0.29) is 11.8 Å². The summed E-state index contributed by atoms with van der Waals surface area (Å²) in [6.07, 6.45) is 4.73. The van der Waals surface area contributed by atoms with Crippen LogP contribution in [0.1, 0.15) is 35.4 Å². The van der Waals surface area contributed by atoms with Gasteiger partial charge in [-0.1, -0.05) is 31.0 Å². The van der Waals surface area contributed by atoms with Gasteiger partial charge in [-0.25, -0.2) is 0 Å². The summed E-state index contributed by atoms with van der Waals surface area (Å²) in [5, 5.41) is 1.13. The lowest BCUT2D eigenvalue weighted by Gasteiger charge is -2.35. The van der Waals surface area contributed by atoms with Gasteiger partial charge >= 0.3 is 0 Å². The van der Waals surface area contributed by atoms with Crippen molar-refractivity contribution < 1.29 is 9.59 Å². The lowest BCUT2D eigenvalue weighted by atomic mass is 10.2. The van der Waals surface area contributed by atoms with Crippen molar-refractivity contribution in [1.29, 1.82) is 0 Å². The Labute approximate surface area is 164 Å². The molecule has 0 radical (unpaired) electrons. The van der Waals surface area contributed by atoms with E-state index in [1.54, 1.807) is 11.3 Å². The molecule has 5 nitrogen and oxygen atoms in total. The van der Waals surface area contributed by atoms with Gasteiger partial charge in [-0.2, -0.15) is 0 Å². The number of likely N-dealkylation sites (tertiary alicyclic amines) is 1. The monoisotopic (exact) mass is 385 g/mol. The summed E-state index contributed by atoms with van der Waals surface area (Å²) in [5.41, 5.74) is 0. The molecule has 2 aliphatic heterocycles. The molecular weight excluding hydrogens is 358 g/mol. The van der Waals surface area contributed by atoms with Crippen LogP contribution in [0.15, 0.2) is 30.3 Å². The van der Waals surface area contributed by atoms with Crippen molar-refractivity contribution in [2.24, 2.45) is 0 Å². The predicted octanol–water partition coefficient (Wildman–Crippen LogP) is 3.06. The van der Waals surface area contributed by atoms with Crippen LogP contribution in [0.2, 0.25) is 0 Å². The summed E-state index contributed by atoms with van der Waals surface area (Å²) >= 11 is 1.57. The zero-order chi connectivity index (χ0) is 18.6. The number of amides is 2. The van der Waals surface area contributed by atoms with Crippen LogP contribution >= 0.6 is 11.3 Å². The van der Waals surface area contributed by atoms with E-state index in [9.17, 15) is 9.59 Å². The van der Waals surface area contributed by atoms with Crippen molar-refractivity contribution in [3.05, 3.63) is 35.2 Å². The number of fused-ring (bicyclic) bond motifs is 1. The van der Waals surface area contributed by atoms with Crippen LogP contribution in [-0.4, -0.2) is 72.3 Å². The van der Waals surface area contributed by atoms with Crippen molar-refractivity contribution in [2.45, 2.75) is 25.7 Å². The molecule has 1 aromatic heterocycles. The number of carbonyl (C=O) groups is 2. The van der Waals surface area contributed by atoms with Crippen LogP contribution in [0.25, 0.3) is 10.1 Å². The van der Waals surface area contributed by atoms with Crippen LogP contribution in [0.4, 0.5) is 0 Å². The highest BCUT2D eigenvalue weighted by Crippen LogP contribution is 2.26. The Bertz CT molecular complexity index is 770. The topological polar surface area (TPSA) is 43.9 Å². The molecule has 2 aliphatic rings. The van der Waals surface area contributed by atoms with E-state index in [2.05, 4.69) is 17.0 Å². The summed E-state index contributed by atoms with van der Waals surface area (Å²) in [5.74, 6) is 0.371. The van der Waals surface area contributed by atoms with Gasteiger partial charge in [0.15, 0.2) is 0 Å². The van der Waals surface area contributed by atoms with E-state index >= 15 is 0 Å². The molecule has 0 unspecified atom stereocenters. The number of carbonyl (C=O) groups excluding carboxylic acids is 2. The van der Waals surface area contributed by atoms with E-state index in [4.69, 9.17) is 0 Å². The van der Waals surface area contributed by atoms with Gasteiger partial charge in [0.05, 0.1) is 11.4 Å². The Morgan fingerprint density at radius 2 is 1.56 bits per heavy atom. The standard InChI is InChI=1S/C21H27N3O2S/c25-20(23-9-5-1-2-6-10-23)16-22-11-13-24(14-12-22)21(26)19-15-17-7-3-4-8-18(17)27-19/h3-4,7-8,15H,1-2,5-6,9-14,16H2. The van der Waals surface area contributed by atoms with Gasteiger partial charge in [-0.05, 0) is 30.4 Å². The average molecular weight is 386 g/mol. The molecule has 0 saturated carbocycles. The van der Waals surface area contributed by atoms with Gasteiger partial charge < -0.3 is 9.80 Å². The molecule has 0 spiro atoms. The van der Waals surface area contributed by atoms with Gasteiger partial charge in [0.2, 0.25) is 5.91 Å². The lowest BCUT2D eigenvalue weighted by molar-refractivity contribution is -0.132. The molecule has 0 bridgehead atoms. The van der Waals surface area contributed by atoms with Crippen molar-refractivity contribution in [3.8, 4) is 0 Å². The maximum Gasteiger partial charge on any atom is 0.264 e. The van der Waals surface area contributed by atoms with Crippen LogP contribution in [0, 0.1) is 0 Å². The molecule has 2 saturated heterocycles. The second-order valence-corrected chi connectivity index (χ2v) is 8.60. The summed E-state index contributed by atoms with van der Waals surface area (Å²) < 4.78 is 1.16. The Kier molecular flexibility index (Phi) is 5.74. The minimum atomic E-state index is 0.120. The SMILES string of the molecule is O=C(CN1CCN(C(=O)c2cc3ccccc3s2)CC1)N1CCCCCC1. The van der Waals surface area contributed by atoms with E-state index in [0.29, 0.717) is 19.6 Å². The molecule has 27 heavy (non-hydrogen) atoms. The largest absolute Gasteiger partial charge is 0.342 e. The fourth-order valence-corrected chi connectivity index (χ4v) is 4.99. The molecule has 144 valence electrons. The maximum atomic E-state index is 12.8. The first-order chi connectivity index (χ1) is 13.2. The molecule has 6 heteroatoms. The smallest absolute Gasteiger partial charge is 0.264 e. The van der Waals surface area contributed by atoms with Crippen molar-refractivity contribution in [1.82, 2.24) is 14.7 Å². The summed E-state index contributed by atoms with van der Waals surface area (Å²) in [6, 6.07) is 10.1. The highest BCUT2D eigenvalue weighted by Gasteiger charge is 2.26. The summed E-state index contributed by atoms with van der Waals surface area (Å²) in [4.78, 5) is 32.4. The van der Waals surface area contributed by atoms with Gasteiger partial charge in [0, 0.05) is 44.0 Å². The molecule has 2 aromatic rings. The van der Waals surface area contributed by atoms with Gasteiger partial charge in [-0.15, -0.1) is 11.3 Å². The molecule has 2 amide bonds. The molecule has 0 aliphatic carbocycles. The molecule has 3 heterocycles. The van der Waals surface area contributed by atoms with E-state index in [0.717, 1.165) is 54.0 Å². The zero-order valence-corrected chi connectivity index (χ0v) is 16.5. The number of piperazine rings is 1. The van der Waals surface area contributed by atoms with E-state index in [1.165, 1.54) is 12.8 Å². The Hall–Kier alpha value is -1.92. The van der Waals surface area contributed by atoms with Gasteiger partial charge in [0.25, 0.3) is 5.91 Å². The Morgan fingerprint density at radius 1 is 0.852 bits per heavy atom. The second-order valence-electron chi connectivity index (χ2n) is 7.51. The van der Waals surface area contributed by atoms with Crippen LogP contribution < -0.4 is 0 Å². The number of rotatable bonds is 3. The zero-order valence-electron chi connectivity index (χ0n) is 15.7. The molecule has 0 atom stereocenters. The molecule has 0 N–H and O–H groups in total. The number of hydrogen-bond acceptors (Lipinski definition) is 4. The van der Waals surface area contributed by atoms with Crippen LogP contribution in [0.5, 0.6) is 0 Å². The fraction of sp³-hybridized carbons (Fsp3) is 0.524. The van der Waals surface area contributed by atoms with E-state index < -0.39 is 0 Å². The quantitative estimate of drug-likeness (QED) is 0.816. The third-order valence-corrected chi connectivity index (χ3v) is 6.72. The highest BCUT2D eigenvalue weighted by atomic mass is 32.1. The van der Waals surface area contributed by atoms with Gasteiger partial charge in [0.1, 0.15) is 0 Å². The van der Waals surface area contributed by atoms with Crippen LogP contribution in [-0.2, 0) is 4.79 Å². The third-order valence-electron chi connectivity index (χ3n) is 5.61. The van der Waals surface area contributed by atoms with Gasteiger partial charge in [-0.3, -0.25) is 14.5 Å². The minimum absolute atomic E-state index is 0.120. The van der Waals surface area contributed by atoms with E-state index in [1.807, 2.05) is 28.0 Å². The number of nitrogens with zero attached hydrogens (tertiary/aromatic N) is 3. The lowest BCUT2D eigenvalue weighted by Crippen LogP contribution is -2.51. The van der Waals surface area contributed by atoms with Crippen LogP contribution in [0.3, 0.4) is 0 Å². The van der Waals surface area contributed by atoms with Crippen molar-refractivity contribution in [3.63, 3.8) is 0 Å². The third kappa shape index (κ3) is 4.33. The Balaban J connectivity index is 1.30. The highest BCUT2D eigenvalue weighted by molar-refractivity contribution is 7.20. The number of thiophene rings is 1. The first-order valence-corrected chi connectivity index (χ1v) is 10.8. The normalized spacial score (nSPS) is 19.3. The summed E-state index contributed by atoms with van der Waals surface area (Å²) in [7, 11) is 0. The molecular formula is C21H27N3O2S. The van der Waals surface area contributed by atoms with Crippen molar-refractivity contribution >= 4 is 33.2 Å². The predicted molar refractivity (Wildman–Crippen MR) is 109 cm³/mol. The molecule has 2 fully saturated rings. The minimum Gasteiger partial charge on any atom is -0.342 e. The molecule has 1 aromatic carbocycles. The Morgan fingerprint density at radius 3 is 2.26 bits per heavy atom. The van der Waals surface area contributed by atoms with Crippen molar-refractivity contribution in [2.75, 3.05) is 45.8 Å². The number of benzene rings is 1. The average Bonchev–Trinajstić information content (AvgIpc) is 2.94. The summed E-state index contributed by atoms with van der Waals surface area (Å²) in [6.45, 7) is 5.24. The maximum absolute atomic E-state index is 12.8. The first-order valence-electron chi connectivity index (χ1n) is 9.99. The first kappa shape index (κ1) is 18.4. The number of hydrogen-bond donors (Lipinski definition) is 0. The molecule has 4 rings (SSSR count).